The van der Waals surface area contributed by atoms with Crippen molar-refractivity contribution >= 4 is 14.4 Å². The van der Waals surface area contributed by atoms with Crippen LogP contribution in [0.4, 0.5) is 0 Å². The zero-order valence-corrected chi connectivity index (χ0v) is 31.8. The van der Waals surface area contributed by atoms with Crippen molar-refractivity contribution in [2.45, 2.75) is 107 Å². The van der Waals surface area contributed by atoms with Crippen LogP contribution in [0.25, 0.3) is 22.3 Å². The first-order chi connectivity index (χ1) is 18.4. The SMILES string of the molecule is CC1=[C-]C(C)(C)c2cc3c(cc21)-c1cc2c(cc1C3)C(C)(C)C=C2C.CCC1[C-]=CC(C(C)(C)C)=C1.C[C](C)=[Zr+2].[Cl-].[Cl-]. The first-order valence-corrected chi connectivity index (χ1v) is 16.2. The predicted octanol–water partition coefficient (Wildman–Crippen LogP) is 4.56. The van der Waals surface area contributed by atoms with Gasteiger partial charge in [-0.15, -0.1) is 11.6 Å². The molecule has 0 aliphatic heterocycles. The summed E-state index contributed by atoms with van der Waals surface area (Å²) in [6.45, 7) is 26.9. The molecule has 224 valence electrons. The van der Waals surface area contributed by atoms with Crippen molar-refractivity contribution in [1.82, 2.24) is 0 Å². The minimum absolute atomic E-state index is 0. The van der Waals surface area contributed by atoms with E-state index in [1.165, 1.54) is 70.9 Å². The molecule has 0 N–H and O–H groups in total. The van der Waals surface area contributed by atoms with E-state index in [1.54, 1.807) is 24.2 Å². The summed E-state index contributed by atoms with van der Waals surface area (Å²) < 4.78 is 1.51. The van der Waals surface area contributed by atoms with Crippen LogP contribution in [0.5, 0.6) is 0 Å². The van der Waals surface area contributed by atoms with Gasteiger partial charge in [0.25, 0.3) is 0 Å². The molecule has 0 aromatic heterocycles. The molecule has 0 saturated heterocycles. The minimum atomic E-state index is 0. The molecule has 0 saturated carbocycles. The van der Waals surface area contributed by atoms with Crippen molar-refractivity contribution in [1.29, 1.82) is 0 Å². The average molecular weight is 679 g/mol. The first kappa shape index (κ1) is 36.9. The van der Waals surface area contributed by atoms with Crippen LogP contribution in [0.3, 0.4) is 0 Å². The second-order valence-electron chi connectivity index (χ2n) is 14.4. The third-order valence-electron chi connectivity index (χ3n) is 8.57. The van der Waals surface area contributed by atoms with Crippen molar-refractivity contribution in [2.75, 3.05) is 0 Å². The molecule has 0 nitrogen and oxygen atoms in total. The van der Waals surface area contributed by atoms with E-state index in [1.807, 2.05) is 0 Å². The molecule has 1 unspecified atom stereocenters. The Morgan fingerprint density at radius 2 is 1.40 bits per heavy atom. The first-order valence-electron chi connectivity index (χ1n) is 14.9. The van der Waals surface area contributed by atoms with E-state index >= 15 is 0 Å². The molecule has 1 atom stereocenters. The number of rotatable bonds is 1. The Bertz CT molecular complexity index is 1400. The monoisotopic (exact) mass is 676 g/mol. The smallest absolute Gasteiger partial charge is 1.00 e. The van der Waals surface area contributed by atoms with E-state index in [4.69, 9.17) is 0 Å². The zero-order valence-electron chi connectivity index (χ0n) is 27.8. The normalized spacial score (nSPS) is 19.2. The topological polar surface area (TPSA) is 0 Å². The van der Waals surface area contributed by atoms with Crippen LogP contribution in [-0.2, 0) is 41.5 Å². The largest absolute Gasteiger partial charge is 1.00 e. The van der Waals surface area contributed by atoms with Crippen LogP contribution in [0.15, 0.2) is 48.1 Å². The molecular weight excluding hydrogens is 631 g/mol. The molecule has 0 fully saturated rings. The zero-order chi connectivity index (χ0) is 29.8. The number of halogens is 2. The molecule has 2 aromatic rings. The predicted molar refractivity (Wildman–Crippen MR) is 172 cm³/mol. The summed E-state index contributed by atoms with van der Waals surface area (Å²) in [5.41, 5.74) is 16.3. The Labute approximate surface area is 284 Å². The molecule has 0 spiro atoms. The summed E-state index contributed by atoms with van der Waals surface area (Å²) in [4.78, 5) is 0. The van der Waals surface area contributed by atoms with Crippen LogP contribution in [0.2, 0.25) is 0 Å². The van der Waals surface area contributed by atoms with E-state index in [0.717, 1.165) is 6.42 Å². The summed E-state index contributed by atoms with van der Waals surface area (Å²) in [6.07, 6.45) is 16.1. The molecule has 6 rings (SSSR count). The van der Waals surface area contributed by atoms with Crippen molar-refractivity contribution in [3.8, 4) is 11.1 Å². The van der Waals surface area contributed by atoms with Crippen molar-refractivity contribution in [2.24, 2.45) is 11.3 Å². The third kappa shape index (κ3) is 7.50. The Morgan fingerprint density at radius 3 is 1.88 bits per heavy atom. The fourth-order valence-corrected chi connectivity index (χ4v) is 6.49. The van der Waals surface area contributed by atoms with Crippen LogP contribution in [0.1, 0.15) is 123 Å². The van der Waals surface area contributed by atoms with Gasteiger partial charge in [-0.3, -0.25) is 12.2 Å². The maximum absolute atomic E-state index is 3.65. The molecular formula is C39H48Cl2Zr-2. The second-order valence-corrected chi connectivity index (χ2v) is 16.9. The van der Waals surface area contributed by atoms with Gasteiger partial charge in [-0.2, -0.15) is 17.2 Å². The number of hydrogen-bond donors (Lipinski definition) is 0. The maximum atomic E-state index is 3.65. The molecule has 4 aliphatic rings. The third-order valence-corrected chi connectivity index (χ3v) is 8.57. The summed E-state index contributed by atoms with van der Waals surface area (Å²) in [7, 11) is 0. The van der Waals surface area contributed by atoms with Crippen LogP contribution in [-0.4, -0.2) is 3.21 Å². The van der Waals surface area contributed by atoms with E-state index in [0.29, 0.717) is 11.3 Å². The molecule has 0 bridgehead atoms. The van der Waals surface area contributed by atoms with Crippen molar-refractivity contribution in [3.05, 3.63) is 93.6 Å². The van der Waals surface area contributed by atoms with E-state index in [9.17, 15) is 0 Å². The van der Waals surface area contributed by atoms with Gasteiger partial charge in [0.1, 0.15) is 0 Å². The summed E-state index contributed by atoms with van der Waals surface area (Å²) in [5, 5.41) is 0. The van der Waals surface area contributed by atoms with Crippen LogP contribution in [0, 0.1) is 23.5 Å². The number of benzene rings is 2. The van der Waals surface area contributed by atoms with E-state index < -0.39 is 0 Å². The van der Waals surface area contributed by atoms with Gasteiger partial charge < -0.3 is 24.8 Å². The number of fused-ring (bicyclic) bond motifs is 5. The van der Waals surface area contributed by atoms with Crippen molar-refractivity contribution < 1.29 is 49.0 Å². The quantitative estimate of drug-likeness (QED) is 0.332. The number of hydrogen-bond acceptors (Lipinski definition) is 0. The Kier molecular flexibility index (Phi) is 11.8. The van der Waals surface area contributed by atoms with Gasteiger partial charge in [-0.05, 0) is 58.4 Å². The van der Waals surface area contributed by atoms with Crippen molar-refractivity contribution in [3.63, 3.8) is 0 Å². The van der Waals surface area contributed by atoms with E-state index in [-0.39, 0.29) is 35.6 Å². The van der Waals surface area contributed by atoms with Gasteiger partial charge in [0.05, 0.1) is 0 Å². The Balaban J connectivity index is 0.000000307. The molecule has 42 heavy (non-hydrogen) atoms. The molecule has 2 aromatic carbocycles. The molecule has 0 heterocycles. The number of allylic oxidation sites excluding steroid dienone is 8. The average Bonchev–Trinajstić information content (AvgIpc) is 3.55. The van der Waals surface area contributed by atoms with Gasteiger partial charge in [-0.25, -0.2) is 11.6 Å². The second kappa shape index (κ2) is 13.4. The summed E-state index contributed by atoms with van der Waals surface area (Å²) in [6, 6.07) is 9.81. The van der Waals surface area contributed by atoms with E-state index in [2.05, 4.69) is 138 Å². The standard InChI is InChI=1S/C25H25.C11H17.C3H6.2ClH.Zr/c1-14-12-24(3,4)22-8-16-7-17-9-23-19(15(2)13-25(23,5)6)11-21(17)20(16)10-18(14)22;1-5-9-6-7-10(8-9)11(2,3)4;1-3-2;;;/h8-12H,7H2,1-6H3;7-9H,5H2,1-4H3;1-2H3;2*1H;/q2*-1;;;;+2/p-2. The van der Waals surface area contributed by atoms with Crippen LogP contribution >= 0.6 is 0 Å². The fraction of sp³-hybridized carbons (Fsp3) is 0.462. The Hall–Kier alpha value is -1.27. The minimum Gasteiger partial charge on any atom is -1.00 e. The molecule has 4 aliphatic carbocycles. The molecule has 3 heteroatoms. The van der Waals surface area contributed by atoms with Gasteiger partial charge in [0.2, 0.25) is 0 Å². The summed E-state index contributed by atoms with van der Waals surface area (Å²) >= 11 is 1.55. The van der Waals surface area contributed by atoms with Gasteiger partial charge in [-0.1, -0.05) is 104 Å². The summed E-state index contributed by atoms with van der Waals surface area (Å²) in [5.74, 6) is 0.573. The molecule has 0 radical (unpaired) electrons. The maximum Gasteiger partial charge on any atom is -1.00 e. The van der Waals surface area contributed by atoms with Gasteiger partial charge in [0, 0.05) is 5.41 Å². The Morgan fingerprint density at radius 1 is 0.881 bits per heavy atom. The van der Waals surface area contributed by atoms with Gasteiger partial charge in [0.15, 0.2) is 0 Å². The van der Waals surface area contributed by atoms with Crippen LogP contribution < -0.4 is 24.8 Å². The fourth-order valence-electron chi connectivity index (χ4n) is 6.49. The van der Waals surface area contributed by atoms with Gasteiger partial charge >= 0.3 is 41.3 Å². The molecule has 0 amide bonds.